The summed E-state index contributed by atoms with van der Waals surface area (Å²) in [5, 5.41) is 11.4. The van der Waals surface area contributed by atoms with E-state index in [1.807, 2.05) is 18.2 Å². The van der Waals surface area contributed by atoms with Gasteiger partial charge in [0.15, 0.2) is 5.82 Å². The normalized spacial score (nSPS) is 11.0. The molecule has 0 saturated carbocycles. The molecule has 0 fully saturated rings. The first-order valence-electron chi connectivity index (χ1n) is 8.58. The van der Waals surface area contributed by atoms with Gasteiger partial charge in [-0.3, -0.25) is 9.67 Å². The van der Waals surface area contributed by atoms with E-state index in [-0.39, 0.29) is 11.8 Å². The zero-order valence-electron chi connectivity index (χ0n) is 15.3. The van der Waals surface area contributed by atoms with Crippen molar-refractivity contribution in [3.05, 3.63) is 55.2 Å². The third kappa shape index (κ3) is 4.18. The minimum atomic E-state index is -2.53. The number of halogens is 2. The summed E-state index contributed by atoms with van der Waals surface area (Å²) < 4.78 is 33.0. The van der Waals surface area contributed by atoms with E-state index in [4.69, 9.17) is 4.74 Å². The third-order valence-corrected chi connectivity index (χ3v) is 3.91. The third-order valence-electron chi connectivity index (χ3n) is 3.91. The van der Waals surface area contributed by atoms with Gasteiger partial charge < -0.3 is 10.1 Å². The highest BCUT2D eigenvalue weighted by molar-refractivity contribution is 5.59. The Labute approximate surface area is 164 Å². The maximum absolute atomic E-state index is 12.6. The summed E-state index contributed by atoms with van der Waals surface area (Å²) in [4.78, 5) is 12.7. The fourth-order valence-electron chi connectivity index (χ4n) is 2.65. The van der Waals surface area contributed by atoms with Gasteiger partial charge in [0.2, 0.25) is 5.95 Å². The highest BCUT2D eigenvalue weighted by atomic mass is 19.3. The summed E-state index contributed by atoms with van der Waals surface area (Å²) in [6, 6.07) is 7.30. The first-order chi connectivity index (χ1) is 14.1. The van der Waals surface area contributed by atoms with Gasteiger partial charge in [0.05, 0.1) is 19.0 Å². The average Bonchev–Trinajstić information content (AvgIpc) is 3.36. The zero-order chi connectivity index (χ0) is 20.2. The lowest BCUT2D eigenvalue weighted by Crippen LogP contribution is -2.06. The molecule has 0 aromatic carbocycles. The van der Waals surface area contributed by atoms with Crippen LogP contribution in [-0.4, -0.2) is 48.0 Å². The standard InChI is InChI=1S/C18H16F2N8O/c1-29-17-14(10-27(26-17)11-15(19)20)23-18-22-7-4-16(24-18)28-8-5-13(25-28)12-3-2-6-21-9-12/h2-10,15H,11H2,1H3,(H,22,23,24). The molecule has 29 heavy (non-hydrogen) atoms. The number of hydrogen-bond donors (Lipinski definition) is 1. The first kappa shape index (κ1) is 18.5. The fraction of sp³-hybridized carbons (Fsp3) is 0.167. The van der Waals surface area contributed by atoms with E-state index in [1.165, 1.54) is 13.3 Å². The number of ether oxygens (including phenoxy) is 1. The Morgan fingerprint density at radius 3 is 2.83 bits per heavy atom. The van der Waals surface area contributed by atoms with Crippen molar-refractivity contribution in [1.82, 2.24) is 34.5 Å². The van der Waals surface area contributed by atoms with Gasteiger partial charge in [0.1, 0.15) is 12.2 Å². The number of nitrogens with zero attached hydrogens (tertiary/aromatic N) is 7. The lowest BCUT2D eigenvalue weighted by atomic mass is 10.2. The molecule has 0 atom stereocenters. The van der Waals surface area contributed by atoms with Gasteiger partial charge in [-0.1, -0.05) is 0 Å². The molecule has 4 heterocycles. The Morgan fingerprint density at radius 2 is 2.07 bits per heavy atom. The summed E-state index contributed by atoms with van der Waals surface area (Å²) in [6.45, 7) is -0.538. The molecule has 0 aliphatic rings. The minimum absolute atomic E-state index is 0.164. The SMILES string of the molecule is COc1nn(CC(F)F)cc1Nc1nccc(-n2ccc(-c3cccnc3)n2)n1. The summed E-state index contributed by atoms with van der Waals surface area (Å²) >= 11 is 0. The maximum Gasteiger partial charge on any atom is 0.257 e. The van der Waals surface area contributed by atoms with Crippen LogP contribution in [-0.2, 0) is 6.54 Å². The molecule has 0 spiro atoms. The van der Waals surface area contributed by atoms with Gasteiger partial charge in [0, 0.05) is 36.4 Å². The molecule has 0 aliphatic carbocycles. The van der Waals surface area contributed by atoms with Crippen LogP contribution in [0.5, 0.6) is 5.88 Å². The number of rotatable bonds is 7. The van der Waals surface area contributed by atoms with Gasteiger partial charge in [0.25, 0.3) is 12.3 Å². The topological polar surface area (TPSA) is 95.6 Å². The minimum Gasteiger partial charge on any atom is -0.478 e. The monoisotopic (exact) mass is 398 g/mol. The van der Waals surface area contributed by atoms with Crippen molar-refractivity contribution < 1.29 is 13.5 Å². The van der Waals surface area contributed by atoms with Gasteiger partial charge in [-0.05, 0) is 18.2 Å². The van der Waals surface area contributed by atoms with E-state index < -0.39 is 13.0 Å². The highest BCUT2D eigenvalue weighted by Gasteiger charge is 2.14. The Morgan fingerprint density at radius 1 is 1.17 bits per heavy atom. The second-order valence-corrected chi connectivity index (χ2v) is 5.92. The molecule has 0 aliphatic heterocycles. The number of pyridine rings is 1. The van der Waals surface area contributed by atoms with Crippen LogP contribution in [0.25, 0.3) is 17.1 Å². The molecule has 0 radical (unpaired) electrons. The second kappa shape index (κ2) is 8.00. The Kier molecular flexibility index (Phi) is 5.10. The Hall–Kier alpha value is -3.89. The quantitative estimate of drug-likeness (QED) is 0.511. The summed E-state index contributed by atoms with van der Waals surface area (Å²) in [5.74, 6) is 0.935. The number of nitrogens with one attached hydrogen (secondary N) is 1. The molecular formula is C18H16F2N8O. The van der Waals surface area contributed by atoms with E-state index in [9.17, 15) is 8.78 Å². The van der Waals surface area contributed by atoms with Crippen LogP contribution < -0.4 is 10.1 Å². The molecule has 9 nitrogen and oxygen atoms in total. The van der Waals surface area contributed by atoms with Gasteiger partial charge >= 0.3 is 0 Å². The molecule has 148 valence electrons. The maximum atomic E-state index is 12.6. The number of aromatic nitrogens is 7. The van der Waals surface area contributed by atoms with Crippen molar-refractivity contribution in [2.75, 3.05) is 12.4 Å². The molecule has 0 bridgehead atoms. The number of methoxy groups -OCH3 is 1. The van der Waals surface area contributed by atoms with E-state index in [0.29, 0.717) is 11.5 Å². The van der Waals surface area contributed by atoms with Crippen molar-refractivity contribution in [3.8, 4) is 23.0 Å². The van der Waals surface area contributed by atoms with Gasteiger partial charge in [-0.25, -0.2) is 18.4 Å². The number of hydrogen-bond acceptors (Lipinski definition) is 7. The predicted molar refractivity (Wildman–Crippen MR) is 100 cm³/mol. The summed E-state index contributed by atoms with van der Waals surface area (Å²) in [5.41, 5.74) is 2.01. The summed E-state index contributed by atoms with van der Waals surface area (Å²) in [7, 11) is 1.40. The number of alkyl halides is 2. The molecule has 4 aromatic rings. The lowest BCUT2D eigenvalue weighted by Gasteiger charge is -2.06. The van der Waals surface area contributed by atoms with Gasteiger partial charge in [-0.2, -0.15) is 10.1 Å². The van der Waals surface area contributed by atoms with Crippen LogP contribution in [0.4, 0.5) is 20.4 Å². The van der Waals surface area contributed by atoms with Crippen LogP contribution in [0, 0.1) is 0 Å². The fourth-order valence-corrected chi connectivity index (χ4v) is 2.65. The van der Waals surface area contributed by atoms with E-state index in [1.54, 1.807) is 35.5 Å². The smallest absolute Gasteiger partial charge is 0.257 e. The first-order valence-corrected chi connectivity index (χ1v) is 8.58. The largest absolute Gasteiger partial charge is 0.478 e. The lowest BCUT2D eigenvalue weighted by molar-refractivity contribution is 0.121. The van der Waals surface area contributed by atoms with Crippen molar-refractivity contribution in [3.63, 3.8) is 0 Å². The van der Waals surface area contributed by atoms with Crippen LogP contribution in [0.15, 0.2) is 55.2 Å². The molecule has 0 unspecified atom stereocenters. The van der Waals surface area contributed by atoms with Crippen molar-refractivity contribution in [2.45, 2.75) is 13.0 Å². The molecule has 4 rings (SSSR count). The Balaban J connectivity index is 1.57. The van der Waals surface area contributed by atoms with Crippen LogP contribution in [0.3, 0.4) is 0 Å². The zero-order valence-corrected chi connectivity index (χ0v) is 15.3. The van der Waals surface area contributed by atoms with E-state index in [0.717, 1.165) is 15.9 Å². The molecule has 0 saturated heterocycles. The molecule has 1 N–H and O–H groups in total. The molecular weight excluding hydrogens is 382 g/mol. The predicted octanol–water partition coefficient (Wildman–Crippen LogP) is 2.94. The average molecular weight is 398 g/mol. The molecule has 0 amide bonds. The Bertz CT molecular complexity index is 1100. The van der Waals surface area contributed by atoms with E-state index in [2.05, 4.69) is 30.5 Å². The van der Waals surface area contributed by atoms with Crippen molar-refractivity contribution >= 4 is 11.6 Å². The number of anilines is 2. The summed E-state index contributed by atoms with van der Waals surface area (Å²) in [6.07, 6.45) is 5.64. The molecule has 4 aromatic heterocycles. The second-order valence-electron chi connectivity index (χ2n) is 5.92. The van der Waals surface area contributed by atoms with Crippen LogP contribution in [0.1, 0.15) is 0 Å². The highest BCUT2D eigenvalue weighted by Crippen LogP contribution is 2.25. The van der Waals surface area contributed by atoms with Crippen LogP contribution >= 0.6 is 0 Å². The van der Waals surface area contributed by atoms with Crippen molar-refractivity contribution in [1.29, 1.82) is 0 Å². The molecule has 11 heteroatoms. The van der Waals surface area contributed by atoms with E-state index >= 15 is 0 Å². The van der Waals surface area contributed by atoms with Gasteiger partial charge in [-0.15, -0.1) is 5.10 Å². The van der Waals surface area contributed by atoms with Crippen LogP contribution in [0.2, 0.25) is 0 Å². The van der Waals surface area contributed by atoms with Crippen molar-refractivity contribution in [2.24, 2.45) is 0 Å².